The first-order chi connectivity index (χ1) is 11.1. The Kier molecular flexibility index (Phi) is 4.51. The van der Waals surface area contributed by atoms with E-state index < -0.39 is 11.6 Å². The quantitative estimate of drug-likeness (QED) is 0.645. The van der Waals surface area contributed by atoms with Gasteiger partial charge in [0.25, 0.3) is 0 Å². The molecule has 3 rings (SSSR count). The maximum absolute atomic E-state index is 13.4. The number of hydrogen-bond acceptors (Lipinski definition) is 6. The second-order valence-electron chi connectivity index (χ2n) is 5.22. The van der Waals surface area contributed by atoms with E-state index >= 15 is 0 Å². The first-order valence-corrected chi connectivity index (χ1v) is 8.30. The maximum atomic E-state index is 13.4. The van der Waals surface area contributed by atoms with Crippen LogP contribution in [0.3, 0.4) is 0 Å². The molecule has 2 heterocycles. The van der Waals surface area contributed by atoms with Crippen molar-refractivity contribution in [3.8, 4) is 0 Å². The van der Waals surface area contributed by atoms with Gasteiger partial charge in [-0.05, 0) is 24.1 Å². The van der Waals surface area contributed by atoms with Crippen molar-refractivity contribution in [3.63, 3.8) is 0 Å². The summed E-state index contributed by atoms with van der Waals surface area (Å²) < 4.78 is 26.4. The Bertz CT molecular complexity index is 725. The molecular formula is C15H17F2N5S. The molecule has 0 unspecified atom stereocenters. The average molecular weight is 337 g/mol. The molecule has 1 aromatic carbocycles. The predicted octanol–water partition coefficient (Wildman–Crippen LogP) is 3.23. The number of thioether (sulfide) groups is 1. The summed E-state index contributed by atoms with van der Waals surface area (Å²) in [4.78, 5) is 10.7. The molecule has 122 valence electrons. The largest absolute Gasteiger partial charge is 0.382 e. The van der Waals surface area contributed by atoms with Crippen LogP contribution < -0.4 is 16.0 Å². The molecule has 5 nitrogen and oxygen atoms in total. The first-order valence-electron chi connectivity index (χ1n) is 7.31. The van der Waals surface area contributed by atoms with Gasteiger partial charge in [0.1, 0.15) is 5.69 Å². The van der Waals surface area contributed by atoms with Crippen molar-refractivity contribution in [1.29, 1.82) is 0 Å². The minimum Gasteiger partial charge on any atom is -0.382 e. The molecule has 3 N–H and O–H groups in total. The molecular weight excluding hydrogens is 320 g/mol. The van der Waals surface area contributed by atoms with Gasteiger partial charge in [0.15, 0.2) is 28.4 Å². The number of nitrogens with one attached hydrogen (secondary N) is 1. The van der Waals surface area contributed by atoms with E-state index in [1.807, 2.05) is 4.90 Å². The van der Waals surface area contributed by atoms with Gasteiger partial charge in [0, 0.05) is 12.3 Å². The van der Waals surface area contributed by atoms with Crippen molar-refractivity contribution >= 4 is 29.1 Å². The Balaban J connectivity index is 1.84. The molecule has 1 aromatic heterocycles. The van der Waals surface area contributed by atoms with E-state index in [0.717, 1.165) is 18.2 Å². The highest BCUT2D eigenvalue weighted by Gasteiger charge is 2.24. The second-order valence-corrected chi connectivity index (χ2v) is 6.28. The number of hydrogen-bond donors (Lipinski definition) is 2. The molecule has 0 bridgehead atoms. The lowest BCUT2D eigenvalue weighted by Gasteiger charge is -2.17. The van der Waals surface area contributed by atoms with Crippen molar-refractivity contribution in [1.82, 2.24) is 9.97 Å². The van der Waals surface area contributed by atoms with E-state index in [9.17, 15) is 8.78 Å². The number of fused-ring (bicyclic) bond motifs is 1. The number of anilines is 3. The minimum atomic E-state index is -0.851. The highest BCUT2D eigenvalue weighted by molar-refractivity contribution is 7.99. The zero-order valence-electron chi connectivity index (χ0n) is 12.6. The van der Waals surface area contributed by atoms with Crippen molar-refractivity contribution in [2.24, 2.45) is 0 Å². The van der Waals surface area contributed by atoms with Crippen LogP contribution in [0, 0.1) is 11.6 Å². The van der Waals surface area contributed by atoms with E-state index in [2.05, 4.69) is 22.2 Å². The molecule has 0 fully saturated rings. The van der Waals surface area contributed by atoms with Crippen LogP contribution in [0.1, 0.15) is 18.9 Å². The predicted molar refractivity (Wildman–Crippen MR) is 88.5 cm³/mol. The fraction of sp³-hybridized carbons (Fsp3) is 0.333. The fourth-order valence-electron chi connectivity index (χ4n) is 2.34. The van der Waals surface area contributed by atoms with Crippen LogP contribution in [0.4, 0.5) is 26.1 Å². The Morgan fingerprint density at radius 1 is 1.30 bits per heavy atom. The van der Waals surface area contributed by atoms with Crippen molar-refractivity contribution in [2.75, 3.05) is 28.4 Å². The average Bonchev–Trinajstić information content (AvgIpc) is 2.92. The van der Waals surface area contributed by atoms with Crippen LogP contribution in [0.25, 0.3) is 0 Å². The summed E-state index contributed by atoms with van der Waals surface area (Å²) in [7, 11) is 0. The summed E-state index contributed by atoms with van der Waals surface area (Å²) in [5.74, 6) is 0.312. The van der Waals surface area contributed by atoms with Crippen LogP contribution >= 0.6 is 11.8 Å². The number of nitrogens with two attached hydrogens (primary N) is 1. The van der Waals surface area contributed by atoms with Gasteiger partial charge in [-0.15, -0.1) is 0 Å². The topological polar surface area (TPSA) is 67.1 Å². The molecule has 0 amide bonds. The van der Waals surface area contributed by atoms with Gasteiger partial charge >= 0.3 is 0 Å². The number of rotatable bonds is 5. The zero-order chi connectivity index (χ0) is 16.4. The molecule has 0 aliphatic carbocycles. The molecule has 0 saturated heterocycles. The third-order valence-corrected chi connectivity index (χ3v) is 4.49. The van der Waals surface area contributed by atoms with Crippen LogP contribution in [0.5, 0.6) is 0 Å². The van der Waals surface area contributed by atoms with Gasteiger partial charge in [-0.2, -0.15) is 0 Å². The molecule has 0 saturated carbocycles. The van der Waals surface area contributed by atoms with E-state index in [4.69, 9.17) is 5.73 Å². The second kappa shape index (κ2) is 6.57. The summed E-state index contributed by atoms with van der Waals surface area (Å²) in [6.07, 6.45) is 1.02. The Labute approximate surface area is 137 Å². The standard InChI is InChI=1S/C15H17F2N5S/c1-2-5-23-15-20-13(18)12-14(21-15)22(8-19-12)7-9-3-4-10(16)11(17)6-9/h3-4,6,19H,2,5,7-8H2,1H3,(H2,18,20,21). The van der Waals surface area contributed by atoms with Crippen LogP contribution in [0.2, 0.25) is 0 Å². The van der Waals surface area contributed by atoms with Gasteiger partial charge in [0.2, 0.25) is 0 Å². The van der Waals surface area contributed by atoms with E-state index in [1.165, 1.54) is 6.07 Å². The molecule has 1 aliphatic rings. The van der Waals surface area contributed by atoms with Gasteiger partial charge in [0.05, 0.1) is 6.67 Å². The fourth-order valence-corrected chi connectivity index (χ4v) is 3.04. The first kappa shape index (κ1) is 15.8. The molecule has 8 heteroatoms. The van der Waals surface area contributed by atoms with Gasteiger partial charge in [-0.1, -0.05) is 24.8 Å². The third-order valence-electron chi connectivity index (χ3n) is 3.44. The Hall–Kier alpha value is -2.09. The molecule has 1 aliphatic heterocycles. The minimum absolute atomic E-state index is 0.404. The van der Waals surface area contributed by atoms with Crippen LogP contribution in [-0.4, -0.2) is 22.4 Å². The number of halogens is 2. The van der Waals surface area contributed by atoms with Crippen molar-refractivity contribution in [2.45, 2.75) is 25.0 Å². The third kappa shape index (κ3) is 3.31. The summed E-state index contributed by atoms with van der Waals surface area (Å²) in [5.41, 5.74) is 7.33. The summed E-state index contributed by atoms with van der Waals surface area (Å²) in [6.45, 7) is 2.99. The van der Waals surface area contributed by atoms with Gasteiger partial charge in [-0.25, -0.2) is 18.7 Å². The Morgan fingerprint density at radius 3 is 2.87 bits per heavy atom. The normalized spacial score (nSPS) is 13.1. The Morgan fingerprint density at radius 2 is 2.13 bits per heavy atom. The number of nitrogens with zero attached hydrogens (tertiary/aromatic N) is 3. The van der Waals surface area contributed by atoms with Crippen LogP contribution in [0.15, 0.2) is 23.4 Å². The molecule has 23 heavy (non-hydrogen) atoms. The van der Waals surface area contributed by atoms with Gasteiger partial charge < -0.3 is 16.0 Å². The lowest BCUT2D eigenvalue weighted by Crippen LogP contribution is -2.23. The zero-order valence-corrected chi connectivity index (χ0v) is 13.5. The van der Waals surface area contributed by atoms with E-state index in [-0.39, 0.29) is 0 Å². The van der Waals surface area contributed by atoms with E-state index in [1.54, 1.807) is 17.8 Å². The summed E-state index contributed by atoms with van der Waals surface area (Å²) in [6, 6.07) is 3.89. The molecule has 0 atom stereocenters. The van der Waals surface area contributed by atoms with Crippen LogP contribution in [-0.2, 0) is 6.54 Å². The van der Waals surface area contributed by atoms with E-state index in [0.29, 0.717) is 41.3 Å². The van der Waals surface area contributed by atoms with Gasteiger partial charge in [-0.3, -0.25) is 0 Å². The van der Waals surface area contributed by atoms with Crippen molar-refractivity contribution in [3.05, 3.63) is 35.4 Å². The smallest absolute Gasteiger partial charge is 0.191 e. The number of benzene rings is 1. The SMILES string of the molecule is CCCSc1nc(N)c2c(n1)N(Cc1ccc(F)c(F)c1)CN2. The molecule has 2 aromatic rings. The maximum Gasteiger partial charge on any atom is 0.191 e. The highest BCUT2D eigenvalue weighted by Crippen LogP contribution is 2.36. The summed E-state index contributed by atoms with van der Waals surface area (Å²) in [5, 5.41) is 3.77. The summed E-state index contributed by atoms with van der Waals surface area (Å²) >= 11 is 1.55. The lowest BCUT2D eigenvalue weighted by molar-refractivity contribution is 0.507. The number of nitrogen functional groups attached to an aromatic ring is 1. The molecule has 0 spiro atoms. The number of aromatic nitrogens is 2. The molecule has 0 radical (unpaired) electrons. The highest BCUT2D eigenvalue weighted by atomic mass is 32.2. The monoisotopic (exact) mass is 337 g/mol. The lowest BCUT2D eigenvalue weighted by atomic mass is 10.2. The van der Waals surface area contributed by atoms with Crippen molar-refractivity contribution < 1.29 is 8.78 Å².